The Morgan fingerprint density at radius 1 is 1.27 bits per heavy atom. The summed E-state index contributed by atoms with van der Waals surface area (Å²) in [6.45, 7) is 2.12. The SMILES string of the molecule is CC(CCc1ccccc1)N[C@@H]1CCc2c(ccc(O)c2C(N)=O)[C@H]1O. The predicted octanol–water partition coefficient (Wildman–Crippen LogP) is 2.45. The minimum Gasteiger partial charge on any atom is -0.507 e. The zero-order chi connectivity index (χ0) is 18.7. The molecule has 2 aromatic rings. The number of carbonyl (C=O) groups is 1. The molecule has 1 aliphatic rings. The summed E-state index contributed by atoms with van der Waals surface area (Å²) in [4.78, 5) is 11.6. The van der Waals surface area contributed by atoms with Crippen molar-refractivity contribution < 1.29 is 15.0 Å². The first-order valence-electron chi connectivity index (χ1n) is 9.10. The van der Waals surface area contributed by atoms with Crippen molar-refractivity contribution in [1.82, 2.24) is 5.32 Å². The van der Waals surface area contributed by atoms with Gasteiger partial charge in [0.25, 0.3) is 5.91 Å². The molecule has 0 fully saturated rings. The number of benzene rings is 2. The molecule has 0 saturated heterocycles. The molecule has 1 aliphatic carbocycles. The number of hydrogen-bond acceptors (Lipinski definition) is 4. The van der Waals surface area contributed by atoms with Gasteiger partial charge in [-0.2, -0.15) is 0 Å². The van der Waals surface area contributed by atoms with E-state index in [9.17, 15) is 15.0 Å². The molecule has 1 unspecified atom stereocenters. The molecule has 138 valence electrons. The second kappa shape index (κ2) is 7.89. The number of carbonyl (C=O) groups excluding carboxylic acids is 1. The first-order valence-corrected chi connectivity index (χ1v) is 9.10. The van der Waals surface area contributed by atoms with Crippen LogP contribution in [0.2, 0.25) is 0 Å². The van der Waals surface area contributed by atoms with Crippen LogP contribution >= 0.6 is 0 Å². The molecule has 3 rings (SSSR count). The van der Waals surface area contributed by atoms with Crippen LogP contribution in [-0.4, -0.2) is 28.2 Å². The minimum absolute atomic E-state index is 0.0847. The first-order chi connectivity index (χ1) is 12.5. The van der Waals surface area contributed by atoms with Gasteiger partial charge in [0.15, 0.2) is 0 Å². The lowest BCUT2D eigenvalue weighted by atomic mass is 9.82. The highest BCUT2D eigenvalue weighted by molar-refractivity contribution is 5.97. The van der Waals surface area contributed by atoms with Gasteiger partial charge in [-0.1, -0.05) is 36.4 Å². The van der Waals surface area contributed by atoms with E-state index >= 15 is 0 Å². The summed E-state index contributed by atoms with van der Waals surface area (Å²) in [5.41, 5.74) is 8.18. The Morgan fingerprint density at radius 3 is 2.69 bits per heavy atom. The van der Waals surface area contributed by atoms with Gasteiger partial charge < -0.3 is 21.3 Å². The second-order valence-corrected chi connectivity index (χ2v) is 7.07. The predicted molar refractivity (Wildman–Crippen MR) is 101 cm³/mol. The van der Waals surface area contributed by atoms with Crippen LogP contribution in [0.15, 0.2) is 42.5 Å². The number of aryl methyl sites for hydroxylation is 1. The number of phenols is 1. The van der Waals surface area contributed by atoms with E-state index in [1.165, 1.54) is 11.6 Å². The van der Waals surface area contributed by atoms with E-state index in [0.717, 1.165) is 12.8 Å². The number of nitrogens with one attached hydrogen (secondary N) is 1. The number of aliphatic hydroxyl groups excluding tert-OH is 1. The van der Waals surface area contributed by atoms with Crippen LogP contribution in [0.4, 0.5) is 0 Å². The Kier molecular flexibility index (Phi) is 5.59. The number of primary amides is 1. The second-order valence-electron chi connectivity index (χ2n) is 7.07. The summed E-state index contributed by atoms with van der Waals surface area (Å²) >= 11 is 0. The molecule has 0 aromatic heterocycles. The molecule has 3 atom stereocenters. The van der Waals surface area contributed by atoms with Crippen molar-refractivity contribution in [2.75, 3.05) is 0 Å². The smallest absolute Gasteiger partial charge is 0.252 e. The van der Waals surface area contributed by atoms with Crippen LogP contribution in [0.1, 0.15) is 52.9 Å². The first kappa shape index (κ1) is 18.4. The van der Waals surface area contributed by atoms with Gasteiger partial charge in [0.05, 0.1) is 11.7 Å². The molecule has 0 radical (unpaired) electrons. The topological polar surface area (TPSA) is 95.6 Å². The van der Waals surface area contributed by atoms with E-state index in [1.54, 1.807) is 6.07 Å². The van der Waals surface area contributed by atoms with Crippen molar-refractivity contribution >= 4 is 5.91 Å². The van der Waals surface area contributed by atoms with Crippen LogP contribution in [-0.2, 0) is 12.8 Å². The number of fused-ring (bicyclic) bond motifs is 1. The third-order valence-corrected chi connectivity index (χ3v) is 5.19. The minimum atomic E-state index is -0.725. The van der Waals surface area contributed by atoms with Gasteiger partial charge in [-0.15, -0.1) is 0 Å². The summed E-state index contributed by atoms with van der Waals surface area (Å²) < 4.78 is 0. The van der Waals surface area contributed by atoms with Gasteiger partial charge in [0.1, 0.15) is 5.75 Å². The Labute approximate surface area is 153 Å². The summed E-state index contributed by atoms with van der Waals surface area (Å²) in [5, 5.41) is 24.2. The molecule has 5 N–H and O–H groups in total. The zero-order valence-corrected chi connectivity index (χ0v) is 15.0. The Morgan fingerprint density at radius 2 is 2.00 bits per heavy atom. The Hall–Kier alpha value is -2.37. The molecule has 5 nitrogen and oxygen atoms in total. The van der Waals surface area contributed by atoms with Crippen LogP contribution in [0.25, 0.3) is 0 Å². The zero-order valence-electron chi connectivity index (χ0n) is 15.0. The van der Waals surface area contributed by atoms with Crippen molar-refractivity contribution in [3.63, 3.8) is 0 Å². The summed E-state index contributed by atoms with van der Waals surface area (Å²) in [7, 11) is 0. The standard InChI is InChI=1S/C21H26N2O3/c1-13(7-8-14-5-3-2-4-6-14)23-17-11-9-15-16(20(17)25)10-12-18(24)19(15)21(22)26/h2-6,10,12-13,17,20,23-25H,7-9,11H2,1H3,(H2,22,26)/t13?,17-,20-/m1/s1. The third kappa shape index (κ3) is 3.89. The van der Waals surface area contributed by atoms with Gasteiger partial charge in [-0.25, -0.2) is 0 Å². The molecule has 1 amide bonds. The lowest BCUT2D eigenvalue weighted by molar-refractivity contribution is 0.0985. The average molecular weight is 354 g/mol. The largest absolute Gasteiger partial charge is 0.507 e. The Bertz CT molecular complexity index is 776. The van der Waals surface area contributed by atoms with Crippen molar-refractivity contribution in [1.29, 1.82) is 0 Å². The van der Waals surface area contributed by atoms with Gasteiger partial charge >= 0.3 is 0 Å². The molecular weight excluding hydrogens is 328 g/mol. The van der Waals surface area contributed by atoms with Crippen molar-refractivity contribution in [2.24, 2.45) is 5.73 Å². The summed E-state index contributed by atoms with van der Waals surface area (Å²) in [6, 6.07) is 13.6. The number of aromatic hydroxyl groups is 1. The van der Waals surface area contributed by atoms with Crippen molar-refractivity contribution in [3.8, 4) is 5.75 Å². The number of amides is 1. The van der Waals surface area contributed by atoms with Gasteiger partial charge in [0, 0.05) is 12.1 Å². The summed E-state index contributed by atoms with van der Waals surface area (Å²) in [6.07, 6.45) is 2.52. The van der Waals surface area contributed by atoms with Crippen molar-refractivity contribution in [2.45, 2.75) is 50.8 Å². The van der Waals surface area contributed by atoms with E-state index in [1.807, 2.05) is 18.2 Å². The molecule has 0 bridgehead atoms. The molecular formula is C21H26N2O3. The van der Waals surface area contributed by atoms with Crippen LogP contribution in [0.3, 0.4) is 0 Å². The maximum atomic E-state index is 11.6. The maximum absolute atomic E-state index is 11.6. The van der Waals surface area contributed by atoms with E-state index in [-0.39, 0.29) is 23.4 Å². The average Bonchev–Trinajstić information content (AvgIpc) is 2.62. The third-order valence-electron chi connectivity index (χ3n) is 5.19. The normalized spacial score (nSPS) is 20.4. The van der Waals surface area contributed by atoms with Gasteiger partial charge in [-0.3, -0.25) is 4.79 Å². The molecule has 26 heavy (non-hydrogen) atoms. The molecule has 0 saturated carbocycles. The lowest BCUT2D eigenvalue weighted by Crippen LogP contribution is -2.43. The molecule has 0 heterocycles. The number of rotatable bonds is 6. The van der Waals surface area contributed by atoms with Crippen LogP contribution < -0.4 is 11.1 Å². The number of nitrogens with two attached hydrogens (primary N) is 1. The maximum Gasteiger partial charge on any atom is 0.252 e. The molecule has 0 spiro atoms. The van der Waals surface area contributed by atoms with Gasteiger partial charge in [0.2, 0.25) is 0 Å². The number of hydrogen-bond donors (Lipinski definition) is 4. The lowest BCUT2D eigenvalue weighted by Gasteiger charge is -2.34. The molecule has 5 heteroatoms. The van der Waals surface area contributed by atoms with Crippen LogP contribution in [0, 0.1) is 0 Å². The monoisotopic (exact) mass is 354 g/mol. The van der Waals surface area contributed by atoms with E-state index in [4.69, 9.17) is 5.73 Å². The van der Waals surface area contributed by atoms with E-state index < -0.39 is 12.0 Å². The summed E-state index contributed by atoms with van der Waals surface area (Å²) in [5.74, 6) is -0.778. The highest BCUT2D eigenvalue weighted by atomic mass is 16.3. The highest BCUT2D eigenvalue weighted by Crippen LogP contribution is 2.35. The molecule has 0 aliphatic heterocycles. The van der Waals surface area contributed by atoms with Crippen LogP contribution in [0.5, 0.6) is 5.75 Å². The fraction of sp³-hybridized carbons (Fsp3) is 0.381. The van der Waals surface area contributed by atoms with Crippen molar-refractivity contribution in [3.05, 3.63) is 64.7 Å². The fourth-order valence-corrected chi connectivity index (χ4v) is 3.80. The number of aliphatic hydroxyl groups is 1. The van der Waals surface area contributed by atoms with Gasteiger partial charge in [-0.05, 0) is 55.4 Å². The highest BCUT2D eigenvalue weighted by Gasteiger charge is 2.32. The molecule has 2 aromatic carbocycles. The van der Waals surface area contributed by atoms with E-state index in [2.05, 4.69) is 24.4 Å². The Balaban J connectivity index is 1.66. The quantitative estimate of drug-likeness (QED) is 0.641. The fourth-order valence-electron chi connectivity index (χ4n) is 3.80. The van der Waals surface area contributed by atoms with E-state index in [0.29, 0.717) is 24.0 Å².